The van der Waals surface area contributed by atoms with Crippen LogP contribution in [0.15, 0.2) is 42.5 Å². The zero-order valence-corrected chi connectivity index (χ0v) is 11.1. The molecule has 4 atom stereocenters. The summed E-state index contributed by atoms with van der Waals surface area (Å²) in [6.45, 7) is 4.10. The van der Waals surface area contributed by atoms with Crippen molar-refractivity contribution in [2.24, 2.45) is 17.8 Å². The number of benzene rings is 1. The first-order chi connectivity index (χ1) is 9.15. The number of hydrogen-bond donors (Lipinski definition) is 1. The summed E-state index contributed by atoms with van der Waals surface area (Å²) in [5, 5.41) is 10.6. The molecule has 100 valence electrons. The highest BCUT2D eigenvalue weighted by Gasteiger charge is 2.43. The molecule has 19 heavy (non-hydrogen) atoms. The summed E-state index contributed by atoms with van der Waals surface area (Å²) in [5.41, 5.74) is 2.11. The number of Topliss-reactive ketones (excluding diaryl/α,β-unsaturated/α-hetero) is 1. The maximum Gasteiger partial charge on any atom is 0.139 e. The number of ketones is 1. The van der Waals surface area contributed by atoms with E-state index in [-0.39, 0.29) is 17.6 Å². The Bertz CT molecular complexity index is 491. The van der Waals surface area contributed by atoms with Crippen molar-refractivity contribution in [2.45, 2.75) is 31.8 Å². The van der Waals surface area contributed by atoms with Gasteiger partial charge in [-0.3, -0.25) is 4.79 Å². The Balaban J connectivity index is 1.86. The number of carbonyl (C=O) groups is 1. The summed E-state index contributed by atoms with van der Waals surface area (Å²) in [6.07, 6.45) is 2.92. The maximum absolute atomic E-state index is 12.3. The molecule has 2 bridgehead atoms. The lowest BCUT2D eigenvalue weighted by Gasteiger charge is -2.42. The summed E-state index contributed by atoms with van der Waals surface area (Å²) in [4.78, 5) is 12.3. The molecule has 0 saturated heterocycles. The van der Waals surface area contributed by atoms with E-state index in [9.17, 15) is 9.90 Å². The molecule has 1 aromatic carbocycles. The molecule has 0 heterocycles. The Labute approximate surface area is 114 Å². The van der Waals surface area contributed by atoms with Gasteiger partial charge < -0.3 is 5.11 Å². The quantitative estimate of drug-likeness (QED) is 0.824. The van der Waals surface area contributed by atoms with Crippen molar-refractivity contribution in [3.63, 3.8) is 0 Å². The van der Waals surface area contributed by atoms with E-state index in [2.05, 4.69) is 6.58 Å². The lowest BCUT2D eigenvalue weighted by Crippen LogP contribution is -2.39. The summed E-state index contributed by atoms with van der Waals surface area (Å²) in [7, 11) is 0. The van der Waals surface area contributed by atoms with Gasteiger partial charge >= 0.3 is 0 Å². The molecule has 2 saturated carbocycles. The standard InChI is InChI=1S/C17H20O2/c1-11-7-12-9-14(8-11)16(15(18)10-12)17(19)13-5-3-2-4-6-13/h2-6,12,14,16-17,19H,1,7-10H2/t12-,14?,16+,17-/m1/s1. The first-order valence-electron chi connectivity index (χ1n) is 7.07. The number of allylic oxidation sites excluding steroid dienone is 1. The second-order valence-corrected chi connectivity index (χ2v) is 6.07. The predicted octanol–water partition coefficient (Wildman–Crippen LogP) is 3.28. The first kappa shape index (κ1) is 12.6. The van der Waals surface area contributed by atoms with Crippen LogP contribution in [0.5, 0.6) is 0 Å². The number of hydrogen-bond acceptors (Lipinski definition) is 2. The van der Waals surface area contributed by atoms with Gasteiger partial charge in [-0.2, -0.15) is 0 Å². The fraction of sp³-hybridized carbons (Fsp3) is 0.471. The van der Waals surface area contributed by atoms with Gasteiger partial charge in [0.1, 0.15) is 5.78 Å². The molecule has 1 unspecified atom stereocenters. The minimum Gasteiger partial charge on any atom is -0.388 e. The third-order valence-corrected chi connectivity index (χ3v) is 4.62. The van der Waals surface area contributed by atoms with Crippen molar-refractivity contribution in [1.82, 2.24) is 0 Å². The summed E-state index contributed by atoms with van der Waals surface area (Å²) in [6, 6.07) is 9.56. The molecular formula is C17H20O2. The second-order valence-electron chi connectivity index (χ2n) is 6.07. The third kappa shape index (κ3) is 2.37. The number of aliphatic hydroxyl groups is 1. The van der Waals surface area contributed by atoms with Crippen LogP contribution in [0.4, 0.5) is 0 Å². The van der Waals surface area contributed by atoms with Gasteiger partial charge in [0.05, 0.1) is 12.0 Å². The molecule has 1 N–H and O–H groups in total. The van der Waals surface area contributed by atoms with E-state index >= 15 is 0 Å². The number of fused-ring (bicyclic) bond motifs is 2. The van der Waals surface area contributed by atoms with Crippen LogP contribution in [0.3, 0.4) is 0 Å². The van der Waals surface area contributed by atoms with Crippen molar-refractivity contribution in [3.05, 3.63) is 48.0 Å². The van der Waals surface area contributed by atoms with Crippen LogP contribution >= 0.6 is 0 Å². The Morgan fingerprint density at radius 3 is 2.63 bits per heavy atom. The van der Waals surface area contributed by atoms with Crippen molar-refractivity contribution in [1.29, 1.82) is 0 Å². The molecule has 3 rings (SSSR count). The number of aliphatic hydroxyl groups excluding tert-OH is 1. The molecule has 0 amide bonds. The Morgan fingerprint density at radius 1 is 1.16 bits per heavy atom. The molecule has 2 fully saturated rings. The zero-order chi connectivity index (χ0) is 13.4. The topological polar surface area (TPSA) is 37.3 Å². The number of carbonyl (C=O) groups excluding carboxylic acids is 1. The number of rotatable bonds is 2. The van der Waals surface area contributed by atoms with Gasteiger partial charge in [-0.15, -0.1) is 0 Å². The molecule has 2 nitrogen and oxygen atoms in total. The highest BCUT2D eigenvalue weighted by atomic mass is 16.3. The third-order valence-electron chi connectivity index (χ3n) is 4.62. The minimum absolute atomic E-state index is 0.240. The van der Waals surface area contributed by atoms with Crippen LogP contribution in [-0.2, 0) is 4.79 Å². The minimum atomic E-state index is -0.662. The monoisotopic (exact) mass is 256 g/mol. The molecule has 2 aliphatic carbocycles. The van der Waals surface area contributed by atoms with E-state index in [1.807, 2.05) is 30.3 Å². The van der Waals surface area contributed by atoms with E-state index in [1.54, 1.807) is 0 Å². The summed E-state index contributed by atoms with van der Waals surface area (Å²) < 4.78 is 0. The largest absolute Gasteiger partial charge is 0.388 e. The maximum atomic E-state index is 12.3. The van der Waals surface area contributed by atoms with Crippen molar-refractivity contribution in [3.8, 4) is 0 Å². The van der Waals surface area contributed by atoms with Gasteiger partial charge in [0.25, 0.3) is 0 Å². The molecule has 0 aliphatic heterocycles. The van der Waals surface area contributed by atoms with Gasteiger partial charge in [0, 0.05) is 6.42 Å². The lowest BCUT2D eigenvalue weighted by molar-refractivity contribution is -0.134. The molecule has 2 aliphatic rings. The Hall–Kier alpha value is -1.41. The van der Waals surface area contributed by atoms with Crippen LogP contribution in [0, 0.1) is 17.8 Å². The fourth-order valence-electron chi connectivity index (χ4n) is 3.86. The highest BCUT2D eigenvalue weighted by molar-refractivity contribution is 5.83. The molecular weight excluding hydrogens is 236 g/mol. The molecule has 0 aromatic heterocycles. The first-order valence-corrected chi connectivity index (χ1v) is 7.07. The van der Waals surface area contributed by atoms with E-state index in [0.717, 1.165) is 24.8 Å². The van der Waals surface area contributed by atoms with Crippen molar-refractivity contribution >= 4 is 5.78 Å². The van der Waals surface area contributed by atoms with E-state index in [4.69, 9.17) is 0 Å². The van der Waals surface area contributed by atoms with E-state index in [0.29, 0.717) is 12.3 Å². The van der Waals surface area contributed by atoms with Crippen molar-refractivity contribution < 1.29 is 9.90 Å². The molecule has 2 heteroatoms. The fourth-order valence-corrected chi connectivity index (χ4v) is 3.86. The van der Waals surface area contributed by atoms with Gasteiger partial charge in [-0.25, -0.2) is 0 Å². The van der Waals surface area contributed by atoms with Crippen LogP contribution in [-0.4, -0.2) is 10.9 Å². The second kappa shape index (κ2) is 4.93. The van der Waals surface area contributed by atoms with E-state index < -0.39 is 6.10 Å². The van der Waals surface area contributed by atoms with Crippen LogP contribution < -0.4 is 0 Å². The average Bonchev–Trinajstić information content (AvgIpc) is 2.38. The van der Waals surface area contributed by atoms with Gasteiger partial charge in [-0.05, 0) is 36.7 Å². The van der Waals surface area contributed by atoms with E-state index in [1.165, 1.54) is 5.57 Å². The Kier molecular flexibility index (Phi) is 3.28. The van der Waals surface area contributed by atoms with Gasteiger partial charge in [0.15, 0.2) is 0 Å². The molecule has 0 radical (unpaired) electrons. The highest BCUT2D eigenvalue weighted by Crippen LogP contribution is 2.47. The smallest absolute Gasteiger partial charge is 0.139 e. The Morgan fingerprint density at radius 2 is 1.89 bits per heavy atom. The summed E-state index contributed by atoms with van der Waals surface area (Å²) >= 11 is 0. The molecule has 0 spiro atoms. The zero-order valence-electron chi connectivity index (χ0n) is 11.1. The van der Waals surface area contributed by atoms with Crippen LogP contribution in [0.2, 0.25) is 0 Å². The van der Waals surface area contributed by atoms with Gasteiger partial charge in [-0.1, -0.05) is 42.5 Å². The SMILES string of the molecule is C=C1CC2C[C@@H](C1)CC(=O)[C@H]2[C@H](O)c1ccccc1. The predicted molar refractivity (Wildman–Crippen MR) is 74.5 cm³/mol. The molecule has 1 aromatic rings. The average molecular weight is 256 g/mol. The van der Waals surface area contributed by atoms with Crippen LogP contribution in [0.25, 0.3) is 0 Å². The summed E-state index contributed by atoms with van der Waals surface area (Å²) in [5.74, 6) is 0.751. The van der Waals surface area contributed by atoms with Gasteiger partial charge in [0.2, 0.25) is 0 Å². The van der Waals surface area contributed by atoms with Crippen molar-refractivity contribution in [2.75, 3.05) is 0 Å². The lowest BCUT2D eigenvalue weighted by atomic mass is 9.63. The van der Waals surface area contributed by atoms with Crippen LogP contribution in [0.1, 0.15) is 37.4 Å². The normalized spacial score (nSPS) is 32.2.